The van der Waals surface area contributed by atoms with Gasteiger partial charge in [0.05, 0.1) is 11.9 Å². The van der Waals surface area contributed by atoms with E-state index in [0.29, 0.717) is 11.8 Å². The van der Waals surface area contributed by atoms with Gasteiger partial charge in [0.2, 0.25) is 0 Å². The molecule has 3 rings (SSSR count). The Morgan fingerprint density at radius 1 is 1.14 bits per heavy atom. The zero-order chi connectivity index (χ0) is 20.5. The molecule has 3 aromatic rings. The van der Waals surface area contributed by atoms with Gasteiger partial charge in [-0.05, 0) is 24.3 Å². The summed E-state index contributed by atoms with van der Waals surface area (Å²) in [6.45, 7) is -0.557. The lowest BCUT2D eigenvalue weighted by atomic mass is 10.2. The van der Waals surface area contributed by atoms with Crippen LogP contribution in [-0.4, -0.2) is 31.9 Å². The maximum Gasteiger partial charge on any atom is 0.433 e. The molecule has 10 heteroatoms. The van der Waals surface area contributed by atoms with Crippen molar-refractivity contribution in [2.24, 2.45) is 7.05 Å². The minimum Gasteiger partial charge on any atom is -0.491 e. The molecule has 0 aliphatic carbocycles. The molecule has 0 saturated carbocycles. The highest BCUT2D eigenvalue weighted by molar-refractivity contribution is 5.74. The highest BCUT2D eigenvalue weighted by Crippen LogP contribution is 2.28. The number of hydrogen-bond acceptors (Lipinski definition) is 5. The number of rotatable bonds is 5. The van der Waals surface area contributed by atoms with E-state index >= 15 is 0 Å². The van der Waals surface area contributed by atoms with Crippen molar-refractivity contribution in [1.82, 2.24) is 14.1 Å². The summed E-state index contributed by atoms with van der Waals surface area (Å²) >= 11 is 0. The van der Waals surface area contributed by atoms with Gasteiger partial charge in [-0.25, -0.2) is 9.78 Å². The molecule has 1 aromatic carbocycles. The molecule has 0 saturated heterocycles. The van der Waals surface area contributed by atoms with Crippen molar-refractivity contribution in [1.29, 1.82) is 0 Å². The maximum absolute atomic E-state index is 12.8. The lowest BCUT2D eigenvalue weighted by Crippen LogP contribution is -2.43. The van der Waals surface area contributed by atoms with Crippen LogP contribution in [0.3, 0.4) is 0 Å². The minimum atomic E-state index is -4.70. The van der Waals surface area contributed by atoms with Gasteiger partial charge in [-0.3, -0.25) is 13.9 Å². The highest BCUT2D eigenvalue weighted by Gasteiger charge is 2.33. The van der Waals surface area contributed by atoms with Crippen LogP contribution in [0.5, 0.6) is 5.75 Å². The van der Waals surface area contributed by atoms with Gasteiger partial charge in [-0.15, -0.1) is 0 Å². The number of pyridine rings is 1. The van der Waals surface area contributed by atoms with Gasteiger partial charge in [0, 0.05) is 7.05 Å². The summed E-state index contributed by atoms with van der Waals surface area (Å²) < 4.78 is 45.5. The summed E-state index contributed by atoms with van der Waals surface area (Å²) in [4.78, 5) is 28.4. The van der Waals surface area contributed by atoms with Gasteiger partial charge in [0.1, 0.15) is 29.8 Å². The number of aryl methyl sites for hydroxylation is 1. The molecule has 0 fully saturated rings. The second kappa shape index (κ2) is 7.47. The number of benzene rings is 1. The van der Waals surface area contributed by atoms with Crippen molar-refractivity contribution in [3.63, 3.8) is 0 Å². The van der Waals surface area contributed by atoms with E-state index in [9.17, 15) is 27.9 Å². The second-order valence-electron chi connectivity index (χ2n) is 6.10. The van der Waals surface area contributed by atoms with Crippen LogP contribution >= 0.6 is 0 Å². The topological polar surface area (TPSA) is 86.4 Å². The minimum absolute atomic E-state index is 0.161. The molecule has 0 amide bonds. The molecule has 0 bridgehead atoms. The number of halogens is 3. The fourth-order valence-electron chi connectivity index (χ4n) is 2.67. The third-order valence-electron chi connectivity index (χ3n) is 4.06. The molecule has 1 unspecified atom stereocenters. The molecule has 148 valence electrons. The van der Waals surface area contributed by atoms with E-state index in [1.165, 1.54) is 7.05 Å². The molecule has 0 radical (unpaired) electrons. The largest absolute Gasteiger partial charge is 0.491 e. The Morgan fingerprint density at radius 3 is 2.46 bits per heavy atom. The standard InChI is InChI=1S/C18H16F3N3O4/c1-23-15-13(7-8-14(22-15)18(19,20)21)16(26)24(17(23)27)9-11(25)10-28-12-5-3-2-4-6-12/h2-8,11,25H,9-10H2,1H3. The maximum atomic E-state index is 12.8. The highest BCUT2D eigenvalue weighted by atomic mass is 19.4. The summed E-state index contributed by atoms with van der Waals surface area (Å²) in [5.41, 5.74) is -3.30. The van der Waals surface area contributed by atoms with Crippen LogP contribution < -0.4 is 16.0 Å². The number of aromatic nitrogens is 3. The molecule has 0 spiro atoms. The fourth-order valence-corrected chi connectivity index (χ4v) is 2.67. The first-order valence-electron chi connectivity index (χ1n) is 8.22. The van der Waals surface area contributed by atoms with E-state index in [1.54, 1.807) is 30.3 Å². The monoisotopic (exact) mass is 395 g/mol. The zero-order valence-corrected chi connectivity index (χ0v) is 14.7. The van der Waals surface area contributed by atoms with Crippen molar-refractivity contribution in [2.75, 3.05) is 6.61 Å². The Bertz CT molecular complexity index is 1110. The first kappa shape index (κ1) is 19.6. The van der Waals surface area contributed by atoms with Gasteiger partial charge in [-0.2, -0.15) is 13.2 Å². The third kappa shape index (κ3) is 3.91. The van der Waals surface area contributed by atoms with Crippen molar-refractivity contribution >= 4 is 11.0 Å². The molecule has 1 N–H and O–H groups in total. The lowest BCUT2D eigenvalue weighted by Gasteiger charge is -2.15. The molecule has 2 heterocycles. The molecule has 0 aliphatic rings. The first-order valence-corrected chi connectivity index (χ1v) is 8.22. The van der Waals surface area contributed by atoms with E-state index in [-0.39, 0.29) is 24.2 Å². The average Bonchev–Trinajstić information content (AvgIpc) is 2.67. The van der Waals surface area contributed by atoms with Crippen LogP contribution in [0.15, 0.2) is 52.1 Å². The molecular formula is C18H16F3N3O4. The SMILES string of the molecule is Cn1c(=O)n(CC(O)COc2ccccc2)c(=O)c2ccc(C(F)(F)F)nc21. The molecule has 2 aromatic heterocycles. The van der Waals surface area contributed by atoms with Gasteiger partial charge in [0.25, 0.3) is 5.56 Å². The number of nitrogens with zero attached hydrogens (tertiary/aromatic N) is 3. The summed E-state index contributed by atoms with van der Waals surface area (Å²) in [6, 6.07) is 10.3. The fraction of sp³-hybridized carbons (Fsp3) is 0.278. The Balaban J connectivity index is 1.91. The molecular weight excluding hydrogens is 379 g/mol. The first-order chi connectivity index (χ1) is 13.2. The Hall–Kier alpha value is -3.14. The predicted octanol–water partition coefficient (Wildman–Crippen LogP) is 1.55. The number of aliphatic hydroxyl groups is 1. The Morgan fingerprint density at radius 2 is 1.82 bits per heavy atom. The number of hydrogen-bond donors (Lipinski definition) is 1. The van der Waals surface area contributed by atoms with Crippen LogP contribution in [0.2, 0.25) is 0 Å². The van der Waals surface area contributed by atoms with E-state index in [4.69, 9.17) is 4.74 Å². The van der Waals surface area contributed by atoms with Crippen molar-refractivity contribution < 1.29 is 23.0 Å². The van der Waals surface area contributed by atoms with Crippen LogP contribution in [0.1, 0.15) is 5.69 Å². The number of alkyl halides is 3. The van der Waals surface area contributed by atoms with Gasteiger partial charge < -0.3 is 9.84 Å². The molecule has 0 aliphatic heterocycles. The summed E-state index contributed by atoms with van der Waals surface area (Å²) in [5, 5.41) is 9.97. The van der Waals surface area contributed by atoms with Gasteiger partial charge in [-0.1, -0.05) is 18.2 Å². The van der Waals surface area contributed by atoms with Crippen LogP contribution in [0, 0.1) is 0 Å². The number of para-hydroxylation sites is 1. The normalized spacial score (nSPS) is 12.9. The Kier molecular flexibility index (Phi) is 5.23. The molecule has 28 heavy (non-hydrogen) atoms. The number of ether oxygens (including phenoxy) is 1. The summed E-state index contributed by atoms with van der Waals surface area (Å²) in [7, 11) is 1.21. The van der Waals surface area contributed by atoms with Gasteiger partial charge >= 0.3 is 11.9 Å². The van der Waals surface area contributed by atoms with Gasteiger partial charge in [0.15, 0.2) is 0 Å². The van der Waals surface area contributed by atoms with Crippen molar-refractivity contribution in [3.8, 4) is 5.75 Å². The zero-order valence-electron chi connectivity index (χ0n) is 14.7. The van der Waals surface area contributed by atoms with E-state index in [0.717, 1.165) is 15.2 Å². The van der Waals surface area contributed by atoms with Crippen molar-refractivity contribution in [2.45, 2.75) is 18.8 Å². The lowest BCUT2D eigenvalue weighted by molar-refractivity contribution is -0.141. The van der Waals surface area contributed by atoms with Crippen LogP contribution in [-0.2, 0) is 19.8 Å². The van der Waals surface area contributed by atoms with E-state index in [1.807, 2.05) is 0 Å². The molecule has 7 nitrogen and oxygen atoms in total. The van der Waals surface area contributed by atoms with Crippen LogP contribution in [0.25, 0.3) is 11.0 Å². The van der Waals surface area contributed by atoms with E-state index in [2.05, 4.69) is 4.98 Å². The average molecular weight is 395 g/mol. The predicted molar refractivity (Wildman–Crippen MR) is 94.2 cm³/mol. The summed E-state index contributed by atoms with van der Waals surface area (Å²) in [6.07, 6.45) is -5.89. The summed E-state index contributed by atoms with van der Waals surface area (Å²) in [5.74, 6) is 0.504. The van der Waals surface area contributed by atoms with Crippen molar-refractivity contribution in [3.05, 3.63) is 69.0 Å². The smallest absolute Gasteiger partial charge is 0.433 e. The molecule has 1 atom stereocenters. The quantitative estimate of drug-likeness (QED) is 0.709. The third-order valence-corrected chi connectivity index (χ3v) is 4.06. The Labute approximate surface area is 156 Å². The second-order valence-corrected chi connectivity index (χ2v) is 6.10. The number of fused-ring (bicyclic) bond motifs is 1. The van der Waals surface area contributed by atoms with E-state index < -0.39 is 29.2 Å². The number of aliphatic hydroxyl groups excluding tert-OH is 1. The van der Waals surface area contributed by atoms with Crippen LogP contribution in [0.4, 0.5) is 13.2 Å².